The van der Waals surface area contributed by atoms with Gasteiger partial charge in [0.1, 0.15) is 0 Å². The normalized spacial score (nSPS) is 14.7. The lowest BCUT2D eigenvalue weighted by Crippen LogP contribution is -2.24. The van der Waals surface area contributed by atoms with Crippen molar-refractivity contribution >= 4 is 23.2 Å². The van der Waals surface area contributed by atoms with Gasteiger partial charge in [0.25, 0.3) is 0 Å². The van der Waals surface area contributed by atoms with Gasteiger partial charge in [-0.05, 0) is 73.5 Å². The van der Waals surface area contributed by atoms with Crippen molar-refractivity contribution in [3.05, 3.63) is 138 Å². The fraction of sp³-hybridized carbons (Fsp3) is 0.171. The van der Waals surface area contributed by atoms with Crippen LogP contribution in [0, 0.1) is 11.8 Å². The molecule has 3 heteroatoms. The first kappa shape index (κ1) is 25.1. The Hall–Kier alpha value is -4.55. The average Bonchev–Trinajstić information content (AvgIpc) is 3.42. The molecule has 3 nitrogen and oxygen atoms in total. The number of hydrogen-bond acceptors (Lipinski definition) is 3. The quantitative estimate of drug-likeness (QED) is 0.246. The molecule has 0 saturated heterocycles. The van der Waals surface area contributed by atoms with Gasteiger partial charge in [0.2, 0.25) is 0 Å². The molecular weight excluding hydrogens is 462 g/mol. The van der Waals surface area contributed by atoms with Crippen LogP contribution in [0.5, 0.6) is 0 Å². The fourth-order valence-corrected chi connectivity index (χ4v) is 4.70. The van der Waals surface area contributed by atoms with E-state index in [2.05, 4.69) is 121 Å². The van der Waals surface area contributed by atoms with Crippen molar-refractivity contribution in [2.45, 2.75) is 26.3 Å². The zero-order valence-electron chi connectivity index (χ0n) is 22.1. The molecule has 1 aliphatic rings. The Balaban J connectivity index is 1.34. The van der Waals surface area contributed by atoms with E-state index in [1.54, 1.807) is 0 Å². The minimum Gasteiger partial charge on any atom is -0.372 e. The lowest BCUT2D eigenvalue weighted by molar-refractivity contribution is 0.791. The third-order valence-electron chi connectivity index (χ3n) is 6.84. The lowest BCUT2D eigenvalue weighted by Gasteiger charge is -2.21. The second kappa shape index (κ2) is 12.1. The van der Waals surface area contributed by atoms with Crippen LogP contribution in [0.15, 0.2) is 120 Å². The Labute approximate surface area is 226 Å². The molecule has 1 heterocycles. The van der Waals surface area contributed by atoms with Crippen LogP contribution >= 0.6 is 0 Å². The highest BCUT2D eigenvalue weighted by Gasteiger charge is 2.26. The lowest BCUT2D eigenvalue weighted by atomic mass is 10.0. The Morgan fingerprint density at radius 3 is 2.00 bits per heavy atom. The number of hydrazone groups is 1. The van der Waals surface area contributed by atoms with Crippen LogP contribution in [0.1, 0.15) is 42.5 Å². The van der Waals surface area contributed by atoms with Crippen LogP contribution < -0.4 is 9.91 Å². The number of anilines is 2. The SMILES string of the molecule is CCN(CC)c1ccc(C=CC2CC(c3ccc(C#Cc4ccccc4)cc3)=NN2c2ccccc2)cc1. The first-order valence-electron chi connectivity index (χ1n) is 13.4. The Kier molecular flexibility index (Phi) is 8.01. The molecule has 0 bridgehead atoms. The van der Waals surface area contributed by atoms with E-state index in [-0.39, 0.29) is 6.04 Å². The summed E-state index contributed by atoms with van der Waals surface area (Å²) in [6.07, 6.45) is 5.33. The van der Waals surface area contributed by atoms with Crippen LogP contribution in [-0.4, -0.2) is 24.8 Å². The highest BCUT2D eigenvalue weighted by atomic mass is 15.5. The highest BCUT2D eigenvalue weighted by molar-refractivity contribution is 6.03. The van der Waals surface area contributed by atoms with Crippen LogP contribution in [0.3, 0.4) is 0 Å². The molecule has 188 valence electrons. The predicted molar refractivity (Wildman–Crippen MR) is 162 cm³/mol. The fourth-order valence-electron chi connectivity index (χ4n) is 4.70. The minimum absolute atomic E-state index is 0.146. The van der Waals surface area contributed by atoms with E-state index in [0.717, 1.165) is 47.6 Å². The number of benzene rings is 4. The van der Waals surface area contributed by atoms with Gasteiger partial charge in [-0.25, -0.2) is 0 Å². The highest BCUT2D eigenvalue weighted by Crippen LogP contribution is 2.28. The molecule has 0 saturated carbocycles. The van der Waals surface area contributed by atoms with Crippen LogP contribution in [0.4, 0.5) is 11.4 Å². The van der Waals surface area contributed by atoms with Crippen LogP contribution in [-0.2, 0) is 0 Å². The van der Waals surface area contributed by atoms with Crippen LogP contribution in [0.2, 0.25) is 0 Å². The average molecular weight is 496 g/mol. The molecule has 5 rings (SSSR count). The standard InChI is InChI=1S/C35H33N3/c1-3-37(4-2)32-24-19-30(20-25-32)21-26-34-27-35(36-38(34)33-13-9-6-10-14-33)31-22-17-29(18-23-31)16-15-28-11-7-5-8-12-28/h5-14,17-26,34H,3-4,27H2,1-2H3. The van der Waals surface area contributed by atoms with Crippen molar-refractivity contribution in [3.8, 4) is 11.8 Å². The van der Waals surface area contributed by atoms with Gasteiger partial charge >= 0.3 is 0 Å². The van der Waals surface area contributed by atoms with Gasteiger partial charge < -0.3 is 4.90 Å². The topological polar surface area (TPSA) is 18.8 Å². The van der Waals surface area contributed by atoms with Gasteiger partial charge in [0.15, 0.2) is 0 Å². The van der Waals surface area contributed by atoms with Crippen molar-refractivity contribution in [1.29, 1.82) is 0 Å². The van der Waals surface area contributed by atoms with E-state index in [1.165, 1.54) is 11.3 Å². The molecule has 4 aromatic carbocycles. The van der Waals surface area contributed by atoms with Gasteiger partial charge in [-0.15, -0.1) is 0 Å². The Bertz CT molecular complexity index is 1440. The monoisotopic (exact) mass is 495 g/mol. The summed E-state index contributed by atoms with van der Waals surface area (Å²) in [4.78, 5) is 2.36. The summed E-state index contributed by atoms with van der Waals surface area (Å²) >= 11 is 0. The maximum absolute atomic E-state index is 5.06. The minimum atomic E-state index is 0.146. The van der Waals surface area contributed by atoms with Crippen molar-refractivity contribution in [2.24, 2.45) is 5.10 Å². The summed E-state index contributed by atoms with van der Waals surface area (Å²) in [5, 5.41) is 7.20. The van der Waals surface area contributed by atoms with Gasteiger partial charge in [0, 0.05) is 36.3 Å². The van der Waals surface area contributed by atoms with E-state index in [0.29, 0.717) is 0 Å². The van der Waals surface area contributed by atoms with Crippen molar-refractivity contribution in [1.82, 2.24) is 0 Å². The number of para-hydroxylation sites is 1. The Morgan fingerprint density at radius 1 is 0.763 bits per heavy atom. The number of rotatable bonds is 7. The van der Waals surface area contributed by atoms with Crippen LogP contribution in [0.25, 0.3) is 6.08 Å². The number of hydrogen-bond donors (Lipinski definition) is 0. The third kappa shape index (κ3) is 6.05. The zero-order valence-corrected chi connectivity index (χ0v) is 22.1. The molecule has 1 atom stereocenters. The zero-order chi connectivity index (χ0) is 26.2. The molecule has 0 amide bonds. The summed E-state index contributed by atoms with van der Waals surface area (Å²) < 4.78 is 0. The molecule has 0 N–H and O–H groups in total. The van der Waals surface area contributed by atoms with Gasteiger partial charge in [-0.3, -0.25) is 5.01 Å². The van der Waals surface area contributed by atoms with Crippen molar-refractivity contribution < 1.29 is 0 Å². The van der Waals surface area contributed by atoms with Crippen molar-refractivity contribution in [2.75, 3.05) is 23.0 Å². The molecule has 0 aromatic heterocycles. The van der Waals surface area contributed by atoms with Gasteiger partial charge in [0.05, 0.1) is 17.4 Å². The molecular formula is C35H33N3. The molecule has 0 aliphatic carbocycles. The predicted octanol–water partition coefficient (Wildman–Crippen LogP) is 7.63. The number of nitrogens with zero attached hydrogens (tertiary/aromatic N) is 3. The second-order valence-electron chi connectivity index (χ2n) is 9.31. The van der Waals surface area contributed by atoms with E-state index < -0.39 is 0 Å². The first-order valence-corrected chi connectivity index (χ1v) is 13.4. The summed E-state index contributed by atoms with van der Waals surface area (Å²) in [6.45, 7) is 6.42. The van der Waals surface area contributed by atoms with Gasteiger partial charge in [-0.1, -0.05) is 84.7 Å². The smallest absolute Gasteiger partial charge is 0.0765 e. The molecule has 4 aromatic rings. The van der Waals surface area contributed by atoms with Gasteiger partial charge in [-0.2, -0.15) is 5.10 Å². The second-order valence-corrected chi connectivity index (χ2v) is 9.31. The van der Waals surface area contributed by atoms with E-state index >= 15 is 0 Å². The first-order chi connectivity index (χ1) is 18.7. The van der Waals surface area contributed by atoms with E-state index in [1.807, 2.05) is 36.4 Å². The molecule has 0 spiro atoms. The molecule has 38 heavy (non-hydrogen) atoms. The summed E-state index contributed by atoms with van der Waals surface area (Å²) in [5.74, 6) is 6.50. The van der Waals surface area contributed by atoms with E-state index in [4.69, 9.17) is 5.10 Å². The maximum Gasteiger partial charge on any atom is 0.0765 e. The molecule has 0 radical (unpaired) electrons. The molecule has 1 unspecified atom stereocenters. The summed E-state index contributed by atoms with van der Waals surface area (Å²) in [6, 6.07) is 37.9. The summed E-state index contributed by atoms with van der Waals surface area (Å²) in [7, 11) is 0. The molecule has 1 aliphatic heterocycles. The van der Waals surface area contributed by atoms with Crippen molar-refractivity contribution in [3.63, 3.8) is 0 Å². The van der Waals surface area contributed by atoms with E-state index in [9.17, 15) is 0 Å². The largest absolute Gasteiger partial charge is 0.372 e. The Morgan fingerprint density at radius 2 is 1.37 bits per heavy atom. The maximum atomic E-state index is 5.06. The summed E-state index contributed by atoms with van der Waals surface area (Å²) in [5.41, 5.74) is 7.80. The third-order valence-corrected chi connectivity index (χ3v) is 6.84. The molecule has 0 fully saturated rings.